The van der Waals surface area contributed by atoms with Gasteiger partial charge < -0.3 is 4.74 Å². The third-order valence-electron chi connectivity index (χ3n) is 1.92. The molecule has 0 aromatic heterocycles. The SMILES string of the molecule is CCCOC(=O)N(c1cc(Cl)ccc1Cl)N(S)S. The highest BCUT2D eigenvalue weighted by Crippen LogP contribution is 2.31. The number of carbonyl (C=O) groups is 1. The Bertz CT molecular complexity index is 432. The van der Waals surface area contributed by atoms with Crippen molar-refractivity contribution in [2.24, 2.45) is 0 Å². The van der Waals surface area contributed by atoms with Crippen molar-refractivity contribution in [3.63, 3.8) is 0 Å². The van der Waals surface area contributed by atoms with Gasteiger partial charge in [-0.25, -0.2) is 4.79 Å². The van der Waals surface area contributed by atoms with E-state index >= 15 is 0 Å². The van der Waals surface area contributed by atoms with Gasteiger partial charge in [0.2, 0.25) is 0 Å². The molecule has 0 heterocycles. The Labute approximate surface area is 127 Å². The van der Waals surface area contributed by atoms with E-state index in [-0.39, 0.29) is 0 Å². The molecule has 0 N–H and O–H groups in total. The lowest BCUT2D eigenvalue weighted by atomic mass is 10.3. The molecule has 1 amide bonds. The van der Waals surface area contributed by atoms with Crippen LogP contribution in [0.15, 0.2) is 18.2 Å². The van der Waals surface area contributed by atoms with Gasteiger partial charge in [-0.2, -0.15) is 5.01 Å². The molecule has 1 aromatic rings. The zero-order chi connectivity index (χ0) is 13.7. The fourth-order valence-electron chi connectivity index (χ4n) is 1.17. The second kappa shape index (κ2) is 7.35. The zero-order valence-corrected chi connectivity index (χ0v) is 12.8. The van der Waals surface area contributed by atoms with Crippen LogP contribution in [0.25, 0.3) is 0 Å². The van der Waals surface area contributed by atoms with Crippen LogP contribution in [0.5, 0.6) is 0 Å². The van der Waals surface area contributed by atoms with E-state index in [2.05, 4.69) is 25.6 Å². The first-order chi connectivity index (χ1) is 8.47. The molecule has 0 bridgehead atoms. The molecular weight excluding hydrogens is 315 g/mol. The second-order valence-electron chi connectivity index (χ2n) is 3.29. The molecule has 0 aliphatic heterocycles. The molecule has 8 heteroatoms. The number of anilines is 1. The number of nitrogens with zero attached hydrogens (tertiary/aromatic N) is 2. The van der Waals surface area contributed by atoms with Gasteiger partial charge in [0.05, 0.1) is 17.3 Å². The highest BCUT2D eigenvalue weighted by molar-refractivity contribution is 7.93. The maximum absolute atomic E-state index is 11.9. The molecule has 0 fully saturated rings. The minimum absolute atomic E-state index is 0.295. The molecule has 0 unspecified atom stereocenters. The topological polar surface area (TPSA) is 32.8 Å². The van der Waals surface area contributed by atoms with Crippen molar-refractivity contribution < 1.29 is 9.53 Å². The highest BCUT2D eigenvalue weighted by Gasteiger charge is 2.23. The van der Waals surface area contributed by atoms with Crippen LogP contribution in [0.3, 0.4) is 0 Å². The summed E-state index contributed by atoms with van der Waals surface area (Å²) in [4.78, 5) is 11.9. The van der Waals surface area contributed by atoms with Crippen LogP contribution in [-0.4, -0.2) is 16.5 Å². The lowest BCUT2D eigenvalue weighted by molar-refractivity contribution is 0.149. The largest absolute Gasteiger partial charge is 0.448 e. The number of hydrogen-bond acceptors (Lipinski definition) is 5. The number of hydrogen-bond donors (Lipinski definition) is 2. The summed E-state index contributed by atoms with van der Waals surface area (Å²) in [6.45, 7) is 2.19. The van der Waals surface area contributed by atoms with Gasteiger partial charge in [0.15, 0.2) is 0 Å². The third-order valence-corrected chi connectivity index (χ3v) is 2.83. The van der Waals surface area contributed by atoms with E-state index in [1.54, 1.807) is 12.1 Å². The van der Waals surface area contributed by atoms with Crippen LogP contribution in [0.2, 0.25) is 10.0 Å². The second-order valence-corrected chi connectivity index (χ2v) is 5.21. The zero-order valence-electron chi connectivity index (χ0n) is 9.51. The smallest absolute Gasteiger partial charge is 0.430 e. The number of amides is 1. The average molecular weight is 327 g/mol. The number of rotatable bonds is 4. The summed E-state index contributed by atoms with van der Waals surface area (Å²) in [5.41, 5.74) is 0.343. The first kappa shape index (κ1) is 15.8. The Morgan fingerprint density at radius 3 is 2.61 bits per heavy atom. The van der Waals surface area contributed by atoms with Gasteiger partial charge in [-0.15, -0.1) is 3.82 Å². The van der Waals surface area contributed by atoms with Crippen molar-refractivity contribution in [3.05, 3.63) is 28.2 Å². The van der Waals surface area contributed by atoms with E-state index < -0.39 is 6.09 Å². The molecule has 4 nitrogen and oxygen atoms in total. The molecule has 0 aliphatic rings. The maximum Gasteiger partial charge on any atom is 0.430 e. The number of carbonyl (C=O) groups excluding carboxylic acids is 1. The fraction of sp³-hybridized carbons (Fsp3) is 0.300. The monoisotopic (exact) mass is 326 g/mol. The van der Waals surface area contributed by atoms with Gasteiger partial charge in [0, 0.05) is 5.02 Å². The summed E-state index contributed by atoms with van der Waals surface area (Å²) in [5, 5.41) is 1.84. The Kier molecular flexibility index (Phi) is 6.45. The standard InChI is InChI=1S/C10H12Cl2N2O2S2/c1-2-5-16-10(15)13(14(17)18)9-6-7(11)3-4-8(9)12/h3-4,6,17-18H,2,5H2,1H3. The van der Waals surface area contributed by atoms with Crippen LogP contribution >= 0.6 is 48.8 Å². The summed E-state index contributed by atoms with van der Waals surface area (Å²) in [7, 11) is 0. The summed E-state index contributed by atoms with van der Waals surface area (Å²) < 4.78 is 5.99. The highest BCUT2D eigenvalue weighted by atomic mass is 35.5. The number of hydrazine groups is 1. The van der Waals surface area contributed by atoms with Crippen LogP contribution in [0, 0.1) is 0 Å². The quantitative estimate of drug-likeness (QED) is 0.640. The molecule has 0 saturated heterocycles. The normalized spacial score (nSPS) is 10.6. The Morgan fingerprint density at radius 2 is 2.06 bits per heavy atom. The number of benzene rings is 1. The molecule has 0 radical (unpaired) electrons. The number of halogens is 2. The van der Waals surface area contributed by atoms with Gasteiger partial charge in [0.1, 0.15) is 0 Å². The first-order valence-corrected chi connectivity index (χ1v) is 6.62. The lowest BCUT2D eigenvalue weighted by Crippen LogP contribution is -2.37. The Hall–Kier alpha value is -0.270. The predicted molar refractivity (Wildman–Crippen MR) is 80.4 cm³/mol. The molecule has 0 saturated carbocycles. The molecule has 1 rings (SSSR count). The van der Waals surface area contributed by atoms with Crippen LogP contribution in [-0.2, 0) is 4.74 Å². The Morgan fingerprint density at radius 1 is 1.39 bits per heavy atom. The first-order valence-electron chi connectivity index (χ1n) is 5.07. The van der Waals surface area contributed by atoms with E-state index in [0.29, 0.717) is 28.8 Å². The van der Waals surface area contributed by atoms with Crippen molar-refractivity contribution >= 4 is 60.6 Å². The minimum Gasteiger partial charge on any atom is -0.448 e. The number of ether oxygens (including phenoxy) is 1. The molecular formula is C10H12Cl2N2O2S2. The van der Waals surface area contributed by atoms with Gasteiger partial charge >= 0.3 is 6.09 Å². The summed E-state index contributed by atoms with van der Waals surface area (Å²) in [6, 6.07) is 4.71. The maximum atomic E-state index is 11.9. The van der Waals surface area contributed by atoms with Crippen LogP contribution in [0.4, 0.5) is 10.5 Å². The third kappa shape index (κ3) is 4.13. The van der Waals surface area contributed by atoms with E-state index in [1.165, 1.54) is 6.07 Å². The van der Waals surface area contributed by atoms with Gasteiger partial charge in [-0.1, -0.05) is 55.8 Å². The van der Waals surface area contributed by atoms with Crippen molar-refractivity contribution in [2.45, 2.75) is 13.3 Å². The van der Waals surface area contributed by atoms with E-state index in [9.17, 15) is 4.79 Å². The van der Waals surface area contributed by atoms with Crippen molar-refractivity contribution in [1.82, 2.24) is 3.82 Å². The van der Waals surface area contributed by atoms with Crippen LogP contribution in [0.1, 0.15) is 13.3 Å². The van der Waals surface area contributed by atoms with Gasteiger partial charge in [-0.05, 0) is 24.6 Å². The minimum atomic E-state index is -0.633. The average Bonchev–Trinajstić information content (AvgIpc) is 2.30. The molecule has 1 aromatic carbocycles. The molecule has 0 aliphatic carbocycles. The Balaban J connectivity index is 3.04. The van der Waals surface area contributed by atoms with Crippen molar-refractivity contribution in [1.29, 1.82) is 0 Å². The molecule has 100 valence electrons. The summed E-state index contributed by atoms with van der Waals surface area (Å²) in [6.07, 6.45) is 0.0770. The van der Waals surface area contributed by atoms with Gasteiger partial charge in [0.25, 0.3) is 0 Å². The summed E-state index contributed by atoms with van der Waals surface area (Å²) in [5.74, 6) is 0. The number of thiol groups is 2. The van der Waals surface area contributed by atoms with Crippen LogP contribution < -0.4 is 5.01 Å². The molecule has 0 atom stereocenters. The predicted octanol–water partition coefficient (Wildman–Crippen LogP) is 4.25. The molecule has 18 heavy (non-hydrogen) atoms. The van der Waals surface area contributed by atoms with E-state index in [0.717, 1.165) is 8.83 Å². The van der Waals surface area contributed by atoms with E-state index in [4.69, 9.17) is 27.9 Å². The van der Waals surface area contributed by atoms with E-state index in [1.807, 2.05) is 6.92 Å². The lowest BCUT2D eigenvalue weighted by Gasteiger charge is -2.26. The van der Waals surface area contributed by atoms with Crippen molar-refractivity contribution in [3.8, 4) is 0 Å². The van der Waals surface area contributed by atoms with Gasteiger partial charge in [-0.3, -0.25) is 0 Å². The molecule has 0 spiro atoms. The van der Waals surface area contributed by atoms with Crippen molar-refractivity contribution in [2.75, 3.05) is 11.6 Å². The summed E-state index contributed by atoms with van der Waals surface area (Å²) >= 11 is 19.8. The fourth-order valence-corrected chi connectivity index (χ4v) is 1.87.